The van der Waals surface area contributed by atoms with Gasteiger partial charge in [0.05, 0.1) is 0 Å². The van der Waals surface area contributed by atoms with Crippen LogP contribution in [-0.2, 0) is 16.8 Å². The second-order valence-electron chi connectivity index (χ2n) is 9.79. The first-order chi connectivity index (χ1) is 17.6. The Balaban J connectivity index is 0.00000320. The van der Waals surface area contributed by atoms with E-state index in [0.29, 0.717) is 6.04 Å². The molecule has 1 fully saturated rings. The van der Waals surface area contributed by atoms with E-state index in [2.05, 4.69) is 89.1 Å². The number of hydrogen-bond donors (Lipinski definition) is 1. The number of benzene rings is 3. The van der Waals surface area contributed by atoms with Gasteiger partial charge in [-0.05, 0) is 47.9 Å². The van der Waals surface area contributed by atoms with E-state index in [1.54, 1.807) is 0 Å². The van der Waals surface area contributed by atoms with Crippen LogP contribution < -0.4 is 27.3 Å². The van der Waals surface area contributed by atoms with Gasteiger partial charge < -0.3 is 22.7 Å². The third-order valence-corrected chi connectivity index (χ3v) is 7.87. The molecule has 1 aliphatic carbocycles. The Labute approximate surface area is 230 Å². The molecule has 1 saturated carbocycles. The van der Waals surface area contributed by atoms with Gasteiger partial charge in [-0.15, -0.1) is 0 Å². The van der Waals surface area contributed by atoms with Crippen molar-refractivity contribution in [3.8, 4) is 0 Å². The second-order valence-corrected chi connectivity index (χ2v) is 9.79. The number of primary amides is 1. The predicted molar refractivity (Wildman–Crippen MR) is 144 cm³/mol. The van der Waals surface area contributed by atoms with E-state index in [9.17, 15) is 4.79 Å². The maximum Gasteiger partial charge on any atom is 0.253 e. The number of hydrogen-bond acceptors (Lipinski definition) is 1. The molecule has 2 atom stereocenters. The molecule has 0 saturated heterocycles. The van der Waals surface area contributed by atoms with Gasteiger partial charge in [0.2, 0.25) is 5.91 Å². The Bertz CT molecular complexity index is 1290. The van der Waals surface area contributed by atoms with Crippen molar-refractivity contribution < 1.29 is 26.3 Å². The van der Waals surface area contributed by atoms with Crippen LogP contribution in [0, 0.1) is 12.8 Å². The van der Waals surface area contributed by atoms with Crippen LogP contribution in [0.2, 0.25) is 0 Å². The Kier molecular flexibility index (Phi) is 8.45. The van der Waals surface area contributed by atoms with Crippen LogP contribution in [0.3, 0.4) is 0 Å². The lowest BCUT2D eigenvalue weighted by molar-refractivity contribution is -0.692. The Hall–Kier alpha value is -3.44. The molecule has 0 unspecified atom stereocenters. The third-order valence-electron chi connectivity index (χ3n) is 7.87. The molecule has 1 aromatic heterocycles. The second kappa shape index (κ2) is 11.7. The molecule has 3 aromatic carbocycles. The van der Waals surface area contributed by atoms with Gasteiger partial charge in [-0.2, -0.15) is 0 Å². The van der Waals surface area contributed by atoms with Crippen LogP contribution in [0.1, 0.15) is 47.8 Å². The standard InChI is InChI=1S/C32H33N3O.BrH/c1-25-34(21-11-14-26-12-5-2-6-13-26)22-23-35(25)30-20-19-29(24-30)32(31(33)36,27-15-7-3-8-16-27)28-17-9-4-10-18-28;/h2-18,22-23,29-30H,19-21,24H2,1H3,(H-,33,36);1H/b14-11+;/t29-,30+;/m1./s1. The van der Waals surface area contributed by atoms with Crippen molar-refractivity contribution in [2.24, 2.45) is 11.7 Å². The zero-order chi connectivity index (χ0) is 25.0. The highest BCUT2D eigenvalue weighted by Gasteiger charge is 2.51. The first-order valence-electron chi connectivity index (χ1n) is 12.8. The van der Waals surface area contributed by atoms with Crippen molar-refractivity contribution in [1.82, 2.24) is 4.57 Å². The Morgan fingerprint density at radius 2 is 1.51 bits per heavy atom. The zero-order valence-corrected chi connectivity index (χ0v) is 22.8. The minimum Gasteiger partial charge on any atom is -1.00 e. The highest BCUT2D eigenvalue weighted by Crippen LogP contribution is 2.49. The molecule has 190 valence electrons. The van der Waals surface area contributed by atoms with E-state index < -0.39 is 5.41 Å². The number of nitrogens with zero attached hydrogens (tertiary/aromatic N) is 2. The number of aromatic nitrogens is 2. The van der Waals surface area contributed by atoms with Crippen molar-refractivity contribution >= 4 is 12.0 Å². The number of carbonyl (C=O) groups excluding carboxylic acids is 1. The number of imidazole rings is 1. The fraction of sp³-hybridized carbons (Fsp3) is 0.250. The van der Waals surface area contributed by atoms with Crippen LogP contribution in [0.5, 0.6) is 0 Å². The van der Waals surface area contributed by atoms with E-state index in [1.807, 2.05) is 42.5 Å². The van der Waals surface area contributed by atoms with Gasteiger partial charge in [0.25, 0.3) is 5.82 Å². The topological polar surface area (TPSA) is 51.9 Å². The van der Waals surface area contributed by atoms with E-state index in [-0.39, 0.29) is 28.8 Å². The molecule has 0 radical (unpaired) electrons. The average Bonchev–Trinajstić information content (AvgIpc) is 3.53. The Morgan fingerprint density at radius 3 is 2.08 bits per heavy atom. The lowest BCUT2D eigenvalue weighted by atomic mass is 9.64. The van der Waals surface area contributed by atoms with Crippen LogP contribution >= 0.6 is 0 Å². The molecular formula is C32H34BrN3O. The predicted octanol–water partition coefficient (Wildman–Crippen LogP) is 2.61. The molecule has 0 aliphatic heterocycles. The molecule has 1 heterocycles. The fourth-order valence-corrected chi connectivity index (χ4v) is 6.09. The van der Waals surface area contributed by atoms with Gasteiger partial charge in [-0.25, -0.2) is 9.13 Å². The van der Waals surface area contributed by atoms with Crippen LogP contribution in [0.15, 0.2) is 109 Å². The van der Waals surface area contributed by atoms with Crippen LogP contribution in [-0.4, -0.2) is 10.5 Å². The average molecular weight is 557 g/mol. The number of allylic oxidation sites excluding steroid dienone is 1. The summed E-state index contributed by atoms with van der Waals surface area (Å²) in [5.74, 6) is 1.08. The Morgan fingerprint density at radius 1 is 0.946 bits per heavy atom. The van der Waals surface area contributed by atoms with Crippen LogP contribution in [0.4, 0.5) is 0 Å². The highest BCUT2D eigenvalue weighted by atomic mass is 79.9. The van der Waals surface area contributed by atoms with E-state index in [1.165, 1.54) is 11.4 Å². The minimum absolute atomic E-state index is 0. The first-order valence-corrected chi connectivity index (χ1v) is 12.8. The molecule has 0 spiro atoms. The normalized spacial score (nSPS) is 17.5. The SMILES string of the molecule is Cc1n([C@H]2CC[C@@H](C(C(N)=O)(c3ccccc3)c3ccccc3)C2)cc[n+]1C/C=C/c1ccccc1.[Br-]. The third kappa shape index (κ3) is 5.19. The van der Waals surface area contributed by atoms with Gasteiger partial charge in [0, 0.05) is 6.92 Å². The van der Waals surface area contributed by atoms with E-state index >= 15 is 0 Å². The molecule has 5 rings (SSSR count). The molecule has 1 aliphatic rings. The molecule has 5 heteroatoms. The van der Waals surface area contributed by atoms with Crippen LogP contribution in [0.25, 0.3) is 6.08 Å². The molecule has 2 N–H and O–H groups in total. The molecule has 4 aromatic rings. The smallest absolute Gasteiger partial charge is 0.253 e. The fourth-order valence-electron chi connectivity index (χ4n) is 6.09. The summed E-state index contributed by atoms with van der Waals surface area (Å²) in [5.41, 5.74) is 8.62. The van der Waals surface area contributed by atoms with Gasteiger partial charge in [-0.1, -0.05) is 97.1 Å². The monoisotopic (exact) mass is 555 g/mol. The van der Waals surface area contributed by atoms with Gasteiger partial charge >= 0.3 is 0 Å². The lowest BCUT2D eigenvalue weighted by Crippen LogP contribution is -3.00. The van der Waals surface area contributed by atoms with Crippen molar-refractivity contribution in [3.05, 3.63) is 132 Å². The quantitative estimate of drug-likeness (QED) is 0.334. The number of halogens is 1. The summed E-state index contributed by atoms with van der Waals surface area (Å²) in [6, 6.07) is 30.9. The summed E-state index contributed by atoms with van der Waals surface area (Å²) in [7, 11) is 0. The van der Waals surface area contributed by atoms with Crippen molar-refractivity contribution in [2.45, 2.75) is 44.2 Å². The van der Waals surface area contributed by atoms with E-state index in [4.69, 9.17) is 5.73 Å². The number of rotatable bonds is 8. The van der Waals surface area contributed by atoms with Crippen molar-refractivity contribution in [3.63, 3.8) is 0 Å². The summed E-state index contributed by atoms with van der Waals surface area (Å²) in [6.45, 7) is 3.00. The van der Waals surface area contributed by atoms with Gasteiger partial charge in [-0.3, -0.25) is 4.79 Å². The summed E-state index contributed by atoms with van der Waals surface area (Å²) in [4.78, 5) is 13.4. The molecule has 4 nitrogen and oxygen atoms in total. The van der Waals surface area contributed by atoms with Crippen molar-refractivity contribution in [2.75, 3.05) is 0 Å². The molecule has 0 bridgehead atoms. The van der Waals surface area contributed by atoms with Crippen molar-refractivity contribution in [1.29, 1.82) is 0 Å². The summed E-state index contributed by atoms with van der Waals surface area (Å²) >= 11 is 0. The number of nitrogens with two attached hydrogens (primary N) is 1. The molecule has 37 heavy (non-hydrogen) atoms. The first kappa shape index (κ1) is 26.6. The highest BCUT2D eigenvalue weighted by molar-refractivity contribution is 5.91. The number of amides is 1. The van der Waals surface area contributed by atoms with Gasteiger partial charge in [0.15, 0.2) is 0 Å². The molecule has 1 amide bonds. The minimum atomic E-state index is -0.841. The number of carbonyl (C=O) groups is 1. The summed E-state index contributed by atoms with van der Waals surface area (Å²) < 4.78 is 4.67. The maximum atomic E-state index is 13.4. The maximum absolute atomic E-state index is 13.4. The zero-order valence-electron chi connectivity index (χ0n) is 21.2. The largest absolute Gasteiger partial charge is 1.00 e. The van der Waals surface area contributed by atoms with Gasteiger partial charge in [0.1, 0.15) is 30.4 Å². The summed E-state index contributed by atoms with van der Waals surface area (Å²) in [5, 5.41) is 0. The molecular weight excluding hydrogens is 522 g/mol. The lowest BCUT2D eigenvalue weighted by Gasteiger charge is -2.37. The van der Waals surface area contributed by atoms with E-state index in [0.717, 1.165) is 36.9 Å². The summed E-state index contributed by atoms with van der Waals surface area (Å²) in [6.07, 6.45) is 11.6.